The molecule has 140 valence electrons. The van der Waals surface area contributed by atoms with Crippen LogP contribution in [0.25, 0.3) is 28.4 Å². The van der Waals surface area contributed by atoms with Crippen LogP contribution in [0.4, 0.5) is 5.82 Å². The number of allylic oxidation sites excluding steroid dienone is 1. The van der Waals surface area contributed by atoms with Crippen LogP contribution in [0.2, 0.25) is 0 Å². The SMILES string of the molecule is C/C=C/c1ccccc1-c1nc(NC2=NC(CC)C(C)=N2)c2ccccc2n1. The first-order valence-electron chi connectivity index (χ1n) is 9.58. The summed E-state index contributed by atoms with van der Waals surface area (Å²) in [7, 11) is 0. The Morgan fingerprint density at radius 2 is 1.82 bits per heavy atom. The first kappa shape index (κ1) is 18.0. The van der Waals surface area contributed by atoms with Crippen molar-refractivity contribution in [2.45, 2.75) is 33.2 Å². The molecule has 5 heteroatoms. The predicted octanol–water partition coefficient (Wildman–Crippen LogP) is 5.35. The van der Waals surface area contributed by atoms with Crippen LogP contribution in [0.1, 0.15) is 32.8 Å². The zero-order valence-electron chi connectivity index (χ0n) is 16.3. The normalized spacial score (nSPS) is 16.5. The quantitative estimate of drug-likeness (QED) is 0.674. The number of nitrogens with zero attached hydrogens (tertiary/aromatic N) is 4. The Morgan fingerprint density at radius 3 is 2.61 bits per heavy atom. The van der Waals surface area contributed by atoms with Crippen LogP contribution in [0.15, 0.2) is 64.6 Å². The number of anilines is 1. The summed E-state index contributed by atoms with van der Waals surface area (Å²) in [5.41, 5.74) is 4.00. The topological polar surface area (TPSA) is 62.5 Å². The van der Waals surface area contributed by atoms with Crippen LogP contribution in [-0.4, -0.2) is 27.7 Å². The fourth-order valence-electron chi connectivity index (χ4n) is 3.38. The van der Waals surface area contributed by atoms with E-state index in [0.29, 0.717) is 11.8 Å². The minimum atomic E-state index is 0.144. The van der Waals surface area contributed by atoms with Gasteiger partial charge < -0.3 is 5.32 Å². The first-order valence-corrected chi connectivity index (χ1v) is 9.58. The molecule has 1 unspecified atom stereocenters. The van der Waals surface area contributed by atoms with Crippen LogP contribution in [0.5, 0.6) is 0 Å². The van der Waals surface area contributed by atoms with Crippen LogP contribution < -0.4 is 5.32 Å². The van der Waals surface area contributed by atoms with Gasteiger partial charge in [0, 0.05) is 16.7 Å². The van der Waals surface area contributed by atoms with E-state index >= 15 is 0 Å². The fraction of sp³-hybridized carbons (Fsp3) is 0.217. The van der Waals surface area contributed by atoms with E-state index in [1.807, 2.05) is 62.4 Å². The van der Waals surface area contributed by atoms with Crippen LogP contribution >= 0.6 is 0 Å². The second-order valence-electron chi connectivity index (χ2n) is 6.76. The molecule has 1 aromatic heterocycles. The zero-order chi connectivity index (χ0) is 19.5. The number of aromatic nitrogens is 2. The lowest BCUT2D eigenvalue weighted by Crippen LogP contribution is -2.11. The molecular formula is C23H23N5. The molecule has 0 saturated carbocycles. The maximum Gasteiger partial charge on any atom is 0.224 e. The highest BCUT2D eigenvalue weighted by atomic mass is 15.2. The molecule has 0 saturated heterocycles. The monoisotopic (exact) mass is 369 g/mol. The third-order valence-corrected chi connectivity index (χ3v) is 4.81. The molecule has 3 aromatic rings. The van der Waals surface area contributed by atoms with Gasteiger partial charge in [0.2, 0.25) is 5.96 Å². The number of nitrogens with one attached hydrogen (secondary N) is 1. The van der Waals surface area contributed by atoms with Gasteiger partial charge in [-0.15, -0.1) is 0 Å². The summed E-state index contributed by atoms with van der Waals surface area (Å²) in [5.74, 6) is 2.02. The second-order valence-corrected chi connectivity index (χ2v) is 6.76. The molecule has 0 spiro atoms. The molecule has 2 heterocycles. The highest BCUT2D eigenvalue weighted by molar-refractivity contribution is 6.11. The average Bonchev–Trinajstić information content (AvgIpc) is 3.07. The van der Waals surface area contributed by atoms with Gasteiger partial charge >= 0.3 is 0 Å². The standard InChI is InChI=1S/C23H23N5/c1-4-10-16-11-6-7-12-17(16)21-25-20-14-9-8-13-18(20)22(27-21)28-23-24-15(3)19(5-2)26-23/h4,6-14,19H,5H2,1-3H3,(H,25,26,27,28)/b10-4+. The van der Waals surface area contributed by atoms with Gasteiger partial charge in [0.25, 0.3) is 0 Å². The van der Waals surface area contributed by atoms with Crippen molar-refractivity contribution in [3.63, 3.8) is 0 Å². The van der Waals surface area contributed by atoms with Gasteiger partial charge in [-0.1, -0.05) is 55.5 Å². The number of hydrogen-bond donors (Lipinski definition) is 1. The van der Waals surface area contributed by atoms with Gasteiger partial charge in [0.1, 0.15) is 5.82 Å². The summed E-state index contributed by atoms with van der Waals surface area (Å²) in [6.07, 6.45) is 5.03. The highest BCUT2D eigenvalue weighted by Gasteiger charge is 2.19. The Bertz CT molecular complexity index is 1110. The summed E-state index contributed by atoms with van der Waals surface area (Å²) in [5, 5.41) is 4.28. The molecule has 0 bridgehead atoms. The minimum Gasteiger partial charge on any atom is -0.308 e. The Balaban J connectivity index is 1.84. The largest absolute Gasteiger partial charge is 0.308 e. The minimum absolute atomic E-state index is 0.144. The first-order chi connectivity index (χ1) is 13.7. The van der Waals surface area contributed by atoms with E-state index in [1.54, 1.807) is 0 Å². The maximum absolute atomic E-state index is 4.85. The molecule has 1 N–H and O–H groups in total. The Labute approximate surface area is 165 Å². The summed E-state index contributed by atoms with van der Waals surface area (Å²) in [6, 6.07) is 16.3. The lowest BCUT2D eigenvalue weighted by atomic mass is 10.1. The van der Waals surface area contributed by atoms with Crippen molar-refractivity contribution in [1.82, 2.24) is 9.97 Å². The molecule has 4 rings (SSSR count). The van der Waals surface area contributed by atoms with Crippen molar-refractivity contribution in [1.29, 1.82) is 0 Å². The molecule has 0 amide bonds. The number of hydrogen-bond acceptors (Lipinski definition) is 5. The smallest absolute Gasteiger partial charge is 0.224 e. The number of benzene rings is 2. The highest BCUT2D eigenvalue weighted by Crippen LogP contribution is 2.28. The van der Waals surface area contributed by atoms with E-state index in [1.165, 1.54) is 0 Å². The molecule has 1 aliphatic rings. The van der Waals surface area contributed by atoms with Gasteiger partial charge in [-0.3, -0.25) is 0 Å². The van der Waals surface area contributed by atoms with E-state index in [0.717, 1.165) is 40.0 Å². The number of rotatable bonds is 4. The van der Waals surface area contributed by atoms with Crippen molar-refractivity contribution < 1.29 is 0 Å². The third-order valence-electron chi connectivity index (χ3n) is 4.81. The molecule has 1 aliphatic heterocycles. The number of para-hydroxylation sites is 1. The van der Waals surface area contributed by atoms with E-state index in [4.69, 9.17) is 9.97 Å². The zero-order valence-corrected chi connectivity index (χ0v) is 16.3. The van der Waals surface area contributed by atoms with E-state index in [-0.39, 0.29) is 6.04 Å². The Hall–Kier alpha value is -3.34. The Kier molecular flexibility index (Phi) is 4.98. The van der Waals surface area contributed by atoms with Crippen molar-refractivity contribution in [3.05, 3.63) is 60.2 Å². The molecule has 0 aliphatic carbocycles. The predicted molar refractivity (Wildman–Crippen MR) is 118 cm³/mol. The van der Waals surface area contributed by atoms with Gasteiger partial charge in [-0.2, -0.15) is 0 Å². The summed E-state index contributed by atoms with van der Waals surface area (Å²) < 4.78 is 0. The summed E-state index contributed by atoms with van der Waals surface area (Å²) in [4.78, 5) is 18.9. The van der Waals surface area contributed by atoms with Gasteiger partial charge in [-0.25, -0.2) is 20.0 Å². The van der Waals surface area contributed by atoms with Gasteiger partial charge in [-0.05, 0) is 38.0 Å². The van der Waals surface area contributed by atoms with Gasteiger partial charge in [0.05, 0.1) is 11.6 Å². The molecule has 0 fully saturated rings. The van der Waals surface area contributed by atoms with Crippen LogP contribution in [-0.2, 0) is 0 Å². The van der Waals surface area contributed by atoms with Crippen molar-refractivity contribution >= 4 is 34.5 Å². The average molecular weight is 369 g/mol. The molecule has 2 aromatic carbocycles. The molecular weight excluding hydrogens is 346 g/mol. The van der Waals surface area contributed by atoms with E-state index in [9.17, 15) is 0 Å². The lowest BCUT2D eigenvalue weighted by Gasteiger charge is -2.11. The fourth-order valence-corrected chi connectivity index (χ4v) is 3.38. The summed E-state index contributed by atoms with van der Waals surface area (Å²) in [6.45, 7) is 6.14. The number of guanidine groups is 1. The molecule has 28 heavy (non-hydrogen) atoms. The van der Waals surface area contributed by atoms with E-state index < -0.39 is 0 Å². The van der Waals surface area contributed by atoms with Crippen LogP contribution in [0.3, 0.4) is 0 Å². The summed E-state index contributed by atoms with van der Waals surface area (Å²) >= 11 is 0. The lowest BCUT2D eigenvalue weighted by molar-refractivity contribution is 0.832. The second kappa shape index (κ2) is 7.72. The van der Waals surface area contributed by atoms with Crippen molar-refractivity contribution in [3.8, 4) is 11.4 Å². The maximum atomic E-state index is 4.85. The number of aliphatic imine (C=N–C) groups is 2. The number of fused-ring (bicyclic) bond motifs is 1. The van der Waals surface area contributed by atoms with Crippen molar-refractivity contribution in [2.24, 2.45) is 9.98 Å². The molecule has 0 radical (unpaired) electrons. The molecule has 5 nitrogen and oxygen atoms in total. The van der Waals surface area contributed by atoms with Crippen molar-refractivity contribution in [2.75, 3.05) is 5.32 Å². The Morgan fingerprint density at radius 1 is 1.04 bits per heavy atom. The van der Waals surface area contributed by atoms with Gasteiger partial charge in [0.15, 0.2) is 5.82 Å². The van der Waals surface area contributed by atoms with E-state index in [2.05, 4.69) is 34.4 Å². The third kappa shape index (κ3) is 3.43. The molecule has 1 atom stereocenters. The van der Waals surface area contributed by atoms with Crippen LogP contribution in [0, 0.1) is 0 Å².